The van der Waals surface area contributed by atoms with E-state index in [9.17, 15) is 35.4 Å². The van der Waals surface area contributed by atoms with Gasteiger partial charge in [-0.2, -0.15) is 0 Å². The van der Waals surface area contributed by atoms with Gasteiger partial charge in [-0.1, -0.05) is 96.8 Å². The van der Waals surface area contributed by atoms with Crippen molar-refractivity contribution in [1.82, 2.24) is 5.32 Å². The Kier molecular flexibility index (Phi) is 27.9. The van der Waals surface area contributed by atoms with Gasteiger partial charge in [-0.15, -0.1) is 0 Å². The van der Waals surface area contributed by atoms with Gasteiger partial charge in [-0.3, -0.25) is 14.8 Å². The summed E-state index contributed by atoms with van der Waals surface area (Å²) in [5.41, 5.74) is 68.6. The Hall–Kier alpha value is -5.39. The Morgan fingerprint density at radius 3 is 1.44 bits per heavy atom. The molecule has 4 fully saturated rings. The van der Waals surface area contributed by atoms with Gasteiger partial charge in [0.2, 0.25) is 5.91 Å². The lowest BCUT2D eigenvalue weighted by Crippen LogP contribution is -2.64. The maximum absolute atomic E-state index is 13.4. The van der Waals surface area contributed by atoms with E-state index in [0.717, 1.165) is 25.7 Å². The molecule has 0 bridgehead atoms. The average molecular weight is 1130 g/mol. The number of carbonyl (C=O) groups excluding carboxylic acids is 1. The van der Waals surface area contributed by atoms with Crippen LogP contribution in [0.15, 0.2) is 30.0 Å². The number of guanidine groups is 6. The summed E-state index contributed by atoms with van der Waals surface area (Å²) in [6.45, 7) is 1.19. The van der Waals surface area contributed by atoms with Gasteiger partial charge in [0.25, 0.3) is 0 Å². The van der Waals surface area contributed by atoms with Crippen molar-refractivity contribution in [1.29, 1.82) is 0 Å². The third kappa shape index (κ3) is 21.2. The van der Waals surface area contributed by atoms with Crippen molar-refractivity contribution in [2.75, 3.05) is 19.6 Å². The van der Waals surface area contributed by atoms with Gasteiger partial charge in [0.05, 0.1) is 25.2 Å². The van der Waals surface area contributed by atoms with E-state index in [2.05, 4.69) is 42.2 Å². The minimum atomic E-state index is -1.90. The molecule has 1 saturated carbocycles. The minimum absolute atomic E-state index is 0.165. The zero-order chi connectivity index (χ0) is 58.3. The van der Waals surface area contributed by atoms with Gasteiger partial charge in [0.15, 0.2) is 54.6 Å². The van der Waals surface area contributed by atoms with Crippen LogP contribution < -0.4 is 74.1 Å². The molecule has 0 radical (unpaired) electrons. The van der Waals surface area contributed by atoms with E-state index >= 15 is 0 Å². The molecule has 0 aromatic heterocycles. The Labute approximate surface area is 460 Å². The Morgan fingerprint density at radius 1 is 0.456 bits per heavy atom. The van der Waals surface area contributed by atoms with Crippen LogP contribution in [0.2, 0.25) is 0 Å². The molecule has 31 N–H and O–H groups in total. The number of unbranched alkanes of at least 4 members (excludes halogenated alkanes) is 14. The molecule has 32 heteroatoms. The van der Waals surface area contributed by atoms with Crippen LogP contribution in [0.5, 0.6) is 0 Å². The van der Waals surface area contributed by atoms with Gasteiger partial charge >= 0.3 is 0 Å². The molecule has 3 heterocycles. The highest BCUT2D eigenvalue weighted by molar-refractivity contribution is 5.78. The summed E-state index contributed by atoms with van der Waals surface area (Å²) >= 11 is 0. The second-order valence-corrected chi connectivity index (χ2v) is 20.5. The number of nitrogens with one attached hydrogen (secondary N) is 1. The van der Waals surface area contributed by atoms with Crippen molar-refractivity contribution in [3.05, 3.63) is 0 Å². The van der Waals surface area contributed by atoms with E-state index < -0.39 is 140 Å². The highest BCUT2D eigenvalue weighted by atomic mass is 16.7. The Morgan fingerprint density at radius 2 is 0.924 bits per heavy atom. The number of nitrogens with two attached hydrogens (primary N) is 12. The number of rotatable bonds is 32. The molecule has 4 aliphatic rings. The zero-order valence-electron chi connectivity index (χ0n) is 45.3. The van der Waals surface area contributed by atoms with E-state index in [1.54, 1.807) is 0 Å². The summed E-state index contributed by atoms with van der Waals surface area (Å²) < 4.78 is 37.3. The summed E-state index contributed by atoms with van der Waals surface area (Å²) in [4.78, 5) is 37.8. The Balaban J connectivity index is 1.61. The topological polar surface area (TPSA) is 592 Å². The maximum Gasteiger partial charge on any atom is 0.220 e. The van der Waals surface area contributed by atoms with E-state index in [1.807, 2.05) is 0 Å². The molecule has 1 amide bonds. The van der Waals surface area contributed by atoms with Crippen LogP contribution in [-0.4, -0.2) is 208 Å². The predicted molar refractivity (Wildman–Crippen MR) is 294 cm³/mol. The Bertz CT molecular complexity index is 2000. The molecule has 1 unspecified atom stereocenters. The summed E-state index contributed by atoms with van der Waals surface area (Å²) in [6.07, 6.45) is -7.32. The van der Waals surface area contributed by atoms with Crippen LogP contribution in [0, 0.1) is 0 Å². The molecular formula is C47H93N19O13. The lowest BCUT2D eigenvalue weighted by Gasteiger charge is -2.47. The number of ether oxygens (including phenoxy) is 6. The van der Waals surface area contributed by atoms with Crippen LogP contribution in [0.1, 0.15) is 116 Å². The van der Waals surface area contributed by atoms with Crippen molar-refractivity contribution in [3.8, 4) is 0 Å². The molecule has 3 saturated heterocycles. The third-order valence-electron chi connectivity index (χ3n) is 14.1. The number of carbonyl (C=O) groups is 1. The number of aliphatic imine (C=N–C) groups is 6. The van der Waals surface area contributed by atoms with Gasteiger partial charge in [-0.05, 0) is 12.8 Å². The monoisotopic (exact) mass is 1130 g/mol. The lowest BCUT2D eigenvalue weighted by atomic mass is 9.83. The predicted octanol–water partition coefficient (Wildman–Crippen LogP) is -6.62. The van der Waals surface area contributed by atoms with Crippen LogP contribution >= 0.6 is 0 Å². The smallest absolute Gasteiger partial charge is 0.220 e. The summed E-state index contributed by atoms with van der Waals surface area (Å²) in [5, 5.41) is 72.5. The van der Waals surface area contributed by atoms with E-state index in [-0.39, 0.29) is 50.3 Å². The SMILES string of the molecule is CCCCCCCCCCCCCCCCCC(=O)NC[C@H]1OC(O[C@@H]2[C@@H](O)[C@H](N=C(N)N)C[C@H](N=C(N)N)[C@H]2O[C@H]2O[C@H](CN=C(N)N)[C@@H](O)[C@H](O)[C@H]2N=C(N)N)[C@H](O)[C@@H]1O[C@@H]1[C@H](N=C(N)N)[C@H](O)[C@@H](CN=C(N)N)O[C@@H]1O. The van der Waals surface area contributed by atoms with Crippen molar-refractivity contribution < 1.29 is 63.9 Å². The minimum Gasteiger partial charge on any atom is -0.388 e. The molecule has 4 rings (SSSR count). The van der Waals surface area contributed by atoms with Crippen LogP contribution in [0.3, 0.4) is 0 Å². The van der Waals surface area contributed by atoms with Gasteiger partial charge < -0.3 is 133 Å². The fourth-order valence-corrected chi connectivity index (χ4v) is 10.1. The number of amides is 1. The number of hydrogen-bond acceptors (Lipinski definition) is 19. The highest BCUT2D eigenvalue weighted by Gasteiger charge is 2.56. The first-order valence-electron chi connectivity index (χ1n) is 27.3. The molecule has 32 nitrogen and oxygen atoms in total. The van der Waals surface area contributed by atoms with Crippen LogP contribution in [0.4, 0.5) is 0 Å². The number of aliphatic hydroxyl groups excluding tert-OH is 6. The fourth-order valence-electron chi connectivity index (χ4n) is 10.1. The van der Waals surface area contributed by atoms with Crippen molar-refractivity contribution in [2.24, 2.45) is 98.8 Å². The lowest BCUT2D eigenvalue weighted by molar-refractivity contribution is -0.306. The molecule has 1 aliphatic carbocycles. The standard InChI is InChI=1S/C47H93N19O13/c1-2-3-4-5-6-7-8-9-10-11-12-13-14-15-16-17-27(67)60-21-26-36(77-37-28(65-46(56)57)31(69)24(74-39(37)73)19-61-42(48)49)34(72)41(76-26)79-38-30(68)22(63-44(52)53)18-23(64-45(54)55)35(38)78-40-29(66-47(58)59)33(71)32(70)25(75-40)20-62-43(50)51/h22-26,28-41,68-73H,2-21H2,1H3,(H,60,67)(H4,48,49,61)(H4,50,51,62)(H4,52,53,63)(H4,54,55,64)(H4,56,57,65)(H4,58,59,66)/t22-,23+,24-,25-,26-,28-,29-,30+,31-,32-,33-,34-,35-,36-,37-,38-,39+,40-,41?/m1/s1. The van der Waals surface area contributed by atoms with Gasteiger partial charge in [-0.25, -0.2) is 20.0 Å². The quantitative estimate of drug-likeness (QED) is 0.0169. The second-order valence-electron chi connectivity index (χ2n) is 20.5. The highest BCUT2D eigenvalue weighted by Crippen LogP contribution is 2.38. The first kappa shape index (κ1) is 66.1. The normalized spacial score (nSPS) is 33.4. The van der Waals surface area contributed by atoms with Gasteiger partial charge in [0, 0.05) is 13.0 Å². The average Bonchev–Trinajstić information content (AvgIpc) is 3.75. The zero-order valence-corrected chi connectivity index (χ0v) is 45.3. The first-order chi connectivity index (χ1) is 37.5. The van der Waals surface area contributed by atoms with E-state index in [1.165, 1.54) is 64.2 Å². The number of hydrogen-bond donors (Lipinski definition) is 19. The van der Waals surface area contributed by atoms with Crippen molar-refractivity contribution >= 4 is 41.7 Å². The molecule has 454 valence electrons. The van der Waals surface area contributed by atoms with Gasteiger partial charge in [0.1, 0.15) is 85.3 Å². The molecule has 79 heavy (non-hydrogen) atoms. The molecule has 3 aliphatic heterocycles. The number of aliphatic hydroxyl groups is 6. The second kappa shape index (κ2) is 33.4. The third-order valence-corrected chi connectivity index (χ3v) is 14.1. The molecule has 0 aromatic carbocycles. The van der Waals surface area contributed by atoms with Crippen molar-refractivity contribution in [3.63, 3.8) is 0 Å². The molecule has 0 aromatic rings. The summed E-state index contributed by atoms with van der Waals surface area (Å²) in [6, 6.07) is -5.50. The fraction of sp³-hybridized carbons (Fsp3) is 0.851. The summed E-state index contributed by atoms with van der Waals surface area (Å²) in [7, 11) is 0. The number of nitrogens with zero attached hydrogens (tertiary/aromatic N) is 6. The first-order valence-corrected chi connectivity index (χ1v) is 27.3. The van der Waals surface area contributed by atoms with E-state index in [4.69, 9.17) is 97.2 Å². The largest absolute Gasteiger partial charge is 0.388 e. The molecule has 0 spiro atoms. The molecule has 19 atom stereocenters. The maximum atomic E-state index is 13.4. The van der Waals surface area contributed by atoms with E-state index in [0.29, 0.717) is 6.42 Å². The molecular weight excluding hydrogens is 1040 g/mol. The summed E-state index contributed by atoms with van der Waals surface area (Å²) in [5.74, 6) is -3.04. The van der Waals surface area contributed by atoms with Crippen LogP contribution in [0.25, 0.3) is 0 Å². The van der Waals surface area contributed by atoms with Crippen LogP contribution in [-0.2, 0) is 33.2 Å². The van der Waals surface area contributed by atoms with Crippen molar-refractivity contribution in [2.45, 2.75) is 232 Å².